The van der Waals surface area contributed by atoms with Crippen LogP contribution in [0.2, 0.25) is 0 Å². The summed E-state index contributed by atoms with van der Waals surface area (Å²) >= 11 is 0. The number of nitrogens with zero attached hydrogens (tertiary/aromatic N) is 2. The van der Waals surface area contributed by atoms with E-state index in [1.54, 1.807) is 6.92 Å². The van der Waals surface area contributed by atoms with Crippen molar-refractivity contribution in [1.82, 2.24) is 4.90 Å². The van der Waals surface area contributed by atoms with Crippen molar-refractivity contribution < 1.29 is 38.6 Å². The fourth-order valence-electron chi connectivity index (χ4n) is 3.71. The Kier molecular flexibility index (Phi) is 5.74. The van der Waals surface area contributed by atoms with E-state index < -0.39 is 46.9 Å². The molecule has 0 radical (unpaired) electrons. The average molecular weight is 420 g/mol. The molecule has 11 nitrogen and oxygen atoms in total. The van der Waals surface area contributed by atoms with Gasteiger partial charge in [0.05, 0.1) is 30.1 Å². The largest absolute Gasteiger partial charge is 0.513 e. The maximum Gasteiger partial charge on any atom is 0.513 e. The van der Waals surface area contributed by atoms with Crippen LogP contribution in [-0.4, -0.2) is 52.2 Å². The topological polar surface area (TPSA) is 146 Å². The monoisotopic (exact) mass is 420 g/mol. The highest BCUT2D eigenvalue weighted by molar-refractivity contribution is 6.00. The van der Waals surface area contributed by atoms with Crippen molar-refractivity contribution in [2.24, 2.45) is 11.8 Å². The maximum atomic E-state index is 12.8. The molecule has 1 N–H and O–H groups in total. The summed E-state index contributed by atoms with van der Waals surface area (Å²) in [4.78, 5) is 48.2. The van der Waals surface area contributed by atoms with Crippen molar-refractivity contribution in [1.29, 1.82) is 0 Å². The Labute approximate surface area is 171 Å². The van der Waals surface area contributed by atoms with Gasteiger partial charge in [-0.05, 0) is 24.6 Å². The molecule has 1 saturated heterocycles. The number of nitro benzene ring substituents is 1. The number of amides is 1. The lowest BCUT2D eigenvalue weighted by Gasteiger charge is -2.46. The van der Waals surface area contributed by atoms with E-state index in [1.165, 1.54) is 36.1 Å². The molecule has 0 spiro atoms. The molecule has 3 rings (SSSR count). The Morgan fingerprint density at radius 1 is 1.30 bits per heavy atom. The Balaban J connectivity index is 1.81. The number of carbonyl (C=O) groups excluding carboxylic acids is 3. The molecular weight excluding hydrogens is 400 g/mol. The molecule has 2 aliphatic rings. The van der Waals surface area contributed by atoms with E-state index >= 15 is 0 Å². The predicted octanol–water partition coefficient (Wildman–Crippen LogP) is 1.49. The van der Waals surface area contributed by atoms with Gasteiger partial charge in [0.1, 0.15) is 12.4 Å². The molecule has 0 bridgehead atoms. The fourth-order valence-corrected chi connectivity index (χ4v) is 3.71. The van der Waals surface area contributed by atoms with Gasteiger partial charge in [-0.25, -0.2) is 9.59 Å². The Bertz CT molecular complexity index is 922. The highest BCUT2D eigenvalue weighted by atomic mass is 16.7. The molecule has 160 valence electrons. The zero-order chi connectivity index (χ0) is 22.2. The number of nitro groups is 1. The Hall–Kier alpha value is -3.47. The zero-order valence-electron chi connectivity index (χ0n) is 16.4. The molecule has 4 atom stereocenters. The first-order valence-corrected chi connectivity index (χ1v) is 9.09. The van der Waals surface area contributed by atoms with Crippen LogP contribution in [0.5, 0.6) is 0 Å². The first-order valence-electron chi connectivity index (χ1n) is 9.09. The minimum absolute atomic E-state index is 0.0722. The molecule has 1 aromatic rings. The fraction of sp³-hybridized carbons (Fsp3) is 0.421. The summed E-state index contributed by atoms with van der Waals surface area (Å²) in [6.45, 7) is 2.92. The smallest absolute Gasteiger partial charge is 0.456 e. The third-order valence-corrected chi connectivity index (χ3v) is 5.18. The number of hydrogen-bond acceptors (Lipinski definition) is 9. The molecule has 1 amide bonds. The summed E-state index contributed by atoms with van der Waals surface area (Å²) in [5, 5.41) is 20.6. The molecule has 2 aliphatic heterocycles. The number of ether oxygens (including phenoxy) is 3. The number of esters is 1. The summed E-state index contributed by atoms with van der Waals surface area (Å²) in [6.07, 6.45) is -2.00. The van der Waals surface area contributed by atoms with Crippen LogP contribution in [0.25, 0.3) is 0 Å². The number of aliphatic hydroxyl groups is 1. The van der Waals surface area contributed by atoms with Crippen molar-refractivity contribution >= 4 is 23.7 Å². The third kappa shape index (κ3) is 3.59. The first-order chi connectivity index (χ1) is 14.2. The van der Waals surface area contributed by atoms with Gasteiger partial charge >= 0.3 is 12.1 Å². The lowest BCUT2D eigenvalue weighted by Crippen LogP contribution is -2.63. The molecule has 30 heavy (non-hydrogen) atoms. The minimum Gasteiger partial charge on any atom is -0.456 e. The number of methoxy groups -OCH3 is 1. The van der Waals surface area contributed by atoms with Gasteiger partial charge in [-0.15, -0.1) is 0 Å². The van der Waals surface area contributed by atoms with Crippen molar-refractivity contribution in [2.75, 3.05) is 7.11 Å². The van der Waals surface area contributed by atoms with Crippen molar-refractivity contribution in [3.8, 4) is 0 Å². The van der Waals surface area contributed by atoms with Crippen LogP contribution < -0.4 is 0 Å². The number of carbonyl (C=O) groups is 3. The average Bonchev–Trinajstić information content (AvgIpc) is 2.94. The lowest BCUT2D eigenvalue weighted by molar-refractivity contribution is -0.384. The van der Waals surface area contributed by atoms with E-state index in [0.717, 1.165) is 7.11 Å². The van der Waals surface area contributed by atoms with Crippen LogP contribution in [0.4, 0.5) is 10.5 Å². The van der Waals surface area contributed by atoms with Crippen molar-refractivity contribution in [3.05, 3.63) is 51.4 Å². The number of β-lactam (4-membered cyclic amide) rings is 1. The van der Waals surface area contributed by atoms with E-state index in [1.807, 2.05) is 0 Å². The molecular formula is C19H20N2O9. The number of rotatable bonds is 6. The highest BCUT2D eigenvalue weighted by Crippen LogP contribution is 2.47. The first kappa shape index (κ1) is 21.2. The van der Waals surface area contributed by atoms with Gasteiger partial charge in [0.25, 0.3) is 5.69 Å². The van der Waals surface area contributed by atoms with Crippen molar-refractivity contribution in [2.45, 2.75) is 32.6 Å². The molecule has 0 aromatic heterocycles. The quantitative estimate of drug-likeness (QED) is 0.313. The van der Waals surface area contributed by atoms with Crippen LogP contribution in [-0.2, 0) is 30.4 Å². The highest BCUT2D eigenvalue weighted by Gasteiger charge is 2.61. The molecule has 0 saturated carbocycles. The van der Waals surface area contributed by atoms with Crippen LogP contribution in [0.1, 0.15) is 19.4 Å². The normalized spacial score (nSPS) is 23.4. The third-order valence-electron chi connectivity index (χ3n) is 5.18. The molecule has 11 heteroatoms. The molecule has 1 aromatic carbocycles. The van der Waals surface area contributed by atoms with Crippen LogP contribution in [0, 0.1) is 22.0 Å². The Morgan fingerprint density at radius 2 is 1.93 bits per heavy atom. The predicted molar refractivity (Wildman–Crippen MR) is 98.4 cm³/mol. The molecule has 2 heterocycles. The SMILES string of the molecule is COC(=O)OC1=C(C(=O)OCc2ccc([N+](=O)[O-])cc2)N2C(=O)[C@H]([C@@H](C)O)[C@H]2[C@H]1C. The lowest BCUT2D eigenvalue weighted by atomic mass is 9.79. The van der Waals surface area contributed by atoms with E-state index in [2.05, 4.69) is 4.74 Å². The van der Waals surface area contributed by atoms with Crippen LogP contribution in [0.3, 0.4) is 0 Å². The number of benzene rings is 1. The molecule has 0 unspecified atom stereocenters. The van der Waals surface area contributed by atoms with Gasteiger partial charge < -0.3 is 19.3 Å². The standard InChI is InChI=1S/C19H20N2O9/c1-9-14-13(10(2)22)17(23)20(14)15(16(9)30-19(25)28-3)18(24)29-8-11-4-6-12(7-5-11)21(26)27/h4-7,9-10,13-14,22H,8H2,1-3H3/t9-,10-,13-,14-/m1/s1. The summed E-state index contributed by atoms with van der Waals surface area (Å²) in [5.74, 6) is -2.75. The maximum absolute atomic E-state index is 12.8. The van der Waals surface area contributed by atoms with E-state index in [0.29, 0.717) is 5.56 Å². The van der Waals surface area contributed by atoms with Gasteiger partial charge in [0.2, 0.25) is 5.91 Å². The second-order valence-electron chi connectivity index (χ2n) is 7.02. The second kappa shape index (κ2) is 8.11. The number of non-ortho nitro benzene ring substituents is 1. The van der Waals surface area contributed by atoms with Gasteiger partial charge in [0.15, 0.2) is 5.70 Å². The van der Waals surface area contributed by atoms with E-state index in [4.69, 9.17) is 9.47 Å². The van der Waals surface area contributed by atoms with Gasteiger partial charge in [-0.3, -0.25) is 19.8 Å². The summed E-state index contributed by atoms with van der Waals surface area (Å²) in [6, 6.07) is 4.86. The number of aliphatic hydroxyl groups excluding tert-OH is 1. The zero-order valence-corrected chi connectivity index (χ0v) is 16.4. The summed E-state index contributed by atoms with van der Waals surface area (Å²) in [7, 11) is 1.10. The molecule has 0 aliphatic carbocycles. The van der Waals surface area contributed by atoms with E-state index in [-0.39, 0.29) is 23.8 Å². The summed E-state index contributed by atoms with van der Waals surface area (Å²) in [5.41, 5.74) is 0.162. The Morgan fingerprint density at radius 3 is 2.47 bits per heavy atom. The van der Waals surface area contributed by atoms with E-state index in [9.17, 15) is 29.6 Å². The second-order valence-corrected chi connectivity index (χ2v) is 7.02. The van der Waals surface area contributed by atoms with Crippen molar-refractivity contribution in [3.63, 3.8) is 0 Å². The molecule has 1 fully saturated rings. The number of fused-ring (bicyclic) bond motifs is 1. The van der Waals surface area contributed by atoms with Crippen LogP contribution >= 0.6 is 0 Å². The minimum atomic E-state index is -1.05. The van der Waals surface area contributed by atoms with Crippen LogP contribution in [0.15, 0.2) is 35.7 Å². The van der Waals surface area contributed by atoms with Gasteiger partial charge in [0, 0.05) is 18.1 Å². The summed E-state index contributed by atoms with van der Waals surface area (Å²) < 4.78 is 14.9. The van der Waals surface area contributed by atoms with Gasteiger partial charge in [-0.1, -0.05) is 6.92 Å². The van der Waals surface area contributed by atoms with Gasteiger partial charge in [-0.2, -0.15) is 0 Å². The number of hydrogen-bond donors (Lipinski definition) is 1.